The van der Waals surface area contributed by atoms with Crippen LogP contribution in [-0.4, -0.2) is 41.0 Å². The number of rotatable bonds is 12. The highest BCUT2D eigenvalue weighted by Crippen LogP contribution is 2.27. The molecule has 0 fully saturated rings. The van der Waals surface area contributed by atoms with E-state index in [1.54, 1.807) is 49.9 Å². The van der Waals surface area contributed by atoms with Crippen molar-refractivity contribution in [3.63, 3.8) is 0 Å². The predicted molar refractivity (Wildman–Crippen MR) is 161 cm³/mol. The minimum atomic E-state index is -0.942. The summed E-state index contributed by atoms with van der Waals surface area (Å²) in [6, 6.07) is 12.8. The Morgan fingerprint density at radius 3 is 2.20 bits per heavy atom. The Labute approximate surface area is 240 Å². The van der Waals surface area contributed by atoms with Gasteiger partial charge in [0.05, 0.1) is 0 Å². The third kappa shape index (κ3) is 9.75. The van der Waals surface area contributed by atoms with E-state index in [9.17, 15) is 14.4 Å². The zero-order chi connectivity index (χ0) is 29.9. The first-order valence-electron chi connectivity index (χ1n) is 14.1. The lowest BCUT2D eigenvalue weighted by Crippen LogP contribution is -2.54. The van der Waals surface area contributed by atoms with Gasteiger partial charge in [-0.05, 0) is 69.4 Å². The number of unbranched alkanes of at least 4 members (excludes halogenated alkanes) is 3. The smallest absolute Gasteiger partial charge is 0.408 e. The molecule has 0 bridgehead atoms. The minimum absolute atomic E-state index is 0.248. The number of hydrogen-bond donors (Lipinski definition) is 2. The van der Waals surface area contributed by atoms with E-state index in [1.165, 1.54) is 0 Å². The molecule has 2 aromatic carbocycles. The summed E-state index contributed by atoms with van der Waals surface area (Å²) in [5, 5.41) is 5.80. The highest BCUT2D eigenvalue weighted by atomic mass is 16.6. The van der Waals surface area contributed by atoms with E-state index in [1.807, 2.05) is 45.0 Å². The second-order valence-electron chi connectivity index (χ2n) is 11.4. The number of terminal acetylenes is 1. The third-order valence-corrected chi connectivity index (χ3v) is 6.50. The van der Waals surface area contributed by atoms with Gasteiger partial charge in [-0.3, -0.25) is 9.59 Å². The standard InChI is InChI=1S/C33H45N3O4/c1-9-11-12-15-22-36(31(38)28(23(3)4)35-32(39)40-33(6,7)8)29(26-20-18-25(10-2)19-21-26)30(37)34-27-17-14-13-16-24(27)5/h2,13-14,16-21,23,28-29H,9,11-12,15,22H2,1,3-8H3,(H,34,37)(H,35,39). The topological polar surface area (TPSA) is 87.7 Å². The molecule has 0 aliphatic rings. The van der Waals surface area contributed by atoms with Gasteiger partial charge in [-0.25, -0.2) is 4.79 Å². The Morgan fingerprint density at radius 2 is 1.65 bits per heavy atom. The van der Waals surface area contributed by atoms with Crippen molar-refractivity contribution in [1.29, 1.82) is 0 Å². The summed E-state index contributed by atoms with van der Waals surface area (Å²) >= 11 is 0. The SMILES string of the molecule is C#Cc1ccc(C(C(=O)Nc2ccccc2C)N(CCCCCC)C(=O)C(NC(=O)OC(C)(C)C)C(C)C)cc1. The van der Waals surface area contributed by atoms with Crippen LogP contribution in [0.2, 0.25) is 0 Å². The third-order valence-electron chi connectivity index (χ3n) is 6.50. The number of nitrogens with zero attached hydrogens (tertiary/aromatic N) is 1. The molecule has 40 heavy (non-hydrogen) atoms. The molecule has 2 atom stereocenters. The molecular formula is C33H45N3O4. The van der Waals surface area contributed by atoms with Crippen molar-refractivity contribution in [1.82, 2.24) is 10.2 Å². The van der Waals surface area contributed by atoms with Crippen molar-refractivity contribution in [3.05, 3.63) is 65.2 Å². The Balaban J connectivity index is 2.55. The van der Waals surface area contributed by atoms with Crippen LogP contribution in [0, 0.1) is 25.2 Å². The molecule has 2 rings (SSSR count). The molecule has 0 saturated carbocycles. The molecule has 2 N–H and O–H groups in total. The van der Waals surface area contributed by atoms with Gasteiger partial charge in [-0.1, -0.05) is 76.3 Å². The number of nitrogens with one attached hydrogen (secondary N) is 2. The van der Waals surface area contributed by atoms with Gasteiger partial charge in [0.25, 0.3) is 5.91 Å². The van der Waals surface area contributed by atoms with Gasteiger partial charge in [0.1, 0.15) is 17.7 Å². The van der Waals surface area contributed by atoms with Crippen molar-refractivity contribution in [2.75, 3.05) is 11.9 Å². The summed E-state index contributed by atoms with van der Waals surface area (Å²) in [6.07, 6.45) is 8.58. The molecule has 0 saturated heterocycles. The monoisotopic (exact) mass is 547 g/mol. The molecule has 0 aliphatic carbocycles. The first-order chi connectivity index (χ1) is 18.9. The maximum atomic E-state index is 14.3. The van der Waals surface area contributed by atoms with Gasteiger partial charge >= 0.3 is 6.09 Å². The van der Waals surface area contributed by atoms with E-state index in [2.05, 4.69) is 23.5 Å². The van der Waals surface area contributed by atoms with Crippen molar-refractivity contribution in [2.45, 2.75) is 91.8 Å². The van der Waals surface area contributed by atoms with Crippen LogP contribution in [0.1, 0.15) is 90.0 Å². The van der Waals surface area contributed by atoms with Crippen molar-refractivity contribution >= 4 is 23.6 Å². The zero-order valence-corrected chi connectivity index (χ0v) is 25.0. The summed E-state index contributed by atoms with van der Waals surface area (Å²) < 4.78 is 5.45. The number of alkyl carbamates (subject to hydrolysis) is 1. The lowest BCUT2D eigenvalue weighted by Gasteiger charge is -2.35. The summed E-state index contributed by atoms with van der Waals surface area (Å²) in [6.45, 7) is 13.4. The number of anilines is 1. The number of para-hydroxylation sites is 1. The predicted octanol–water partition coefficient (Wildman–Crippen LogP) is 6.61. The molecule has 2 aromatic rings. The molecule has 7 heteroatoms. The molecule has 0 spiro atoms. The van der Waals surface area contributed by atoms with E-state index >= 15 is 0 Å². The van der Waals surface area contributed by atoms with E-state index in [0.29, 0.717) is 29.8 Å². The highest BCUT2D eigenvalue weighted by Gasteiger charge is 2.37. The lowest BCUT2D eigenvalue weighted by molar-refractivity contribution is -0.141. The summed E-state index contributed by atoms with van der Waals surface area (Å²) in [4.78, 5) is 42.6. The van der Waals surface area contributed by atoms with Crippen LogP contribution in [0.15, 0.2) is 48.5 Å². The van der Waals surface area contributed by atoms with Gasteiger partial charge in [0.15, 0.2) is 0 Å². The Bertz CT molecular complexity index is 1180. The van der Waals surface area contributed by atoms with Crippen LogP contribution >= 0.6 is 0 Å². The normalized spacial score (nSPS) is 12.7. The molecule has 216 valence electrons. The fourth-order valence-corrected chi connectivity index (χ4v) is 4.35. The number of hydrogen-bond acceptors (Lipinski definition) is 4. The molecule has 3 amide bonds. The highest BCUT2D eigenvalue weighted by molar-refractivity contribution is 5.99. The van der Waals surface area contributed by atoms with Crippen LogP contribution in [0.25, 0.3) is 0 Å². The summed E-state index contributed by atoms with van der Waals surface area (Å²) in [7, 11) is 0. The van der Waals surface area contributed by atoms with Crippen LogP contribution in [0.5, 0.6) is 0 Å². The molecule has 2 unspecified atom stereocenters. The number of amides is 3. The van der Waals surface area contributed by atoms with Gasteiger partial charge in [-0.15, -0.1) is 6.42 Å². The average Bonchev–Trinajstić information content (AvgIpc) is 2.89. The lowest BCUT2D eigenvalue weighted by atomic mass is 9.97. The van der Waals surface area contributed by atoms with Gasteiger partial charge in [-0.2, -0.15) is 0 Å². The number of ether oxygens (including phenoxy) is 1. The average molecular weight is 548 g/mol. The van der Waals surface area contributed by atoms with Gasteiger partial charge in [0.2, 0.25) is 5.91 Å². The number of aryl methyl sites for hydroxylation is 1. The Kier molecular flexibility index (Phi) is 12.3. The van der Waals surface area contributed by atoms with Gasteiger partial charge < -0.3 is 20.3 Å². The van der Waals surface area contributed by atoms with Crippen LogP contribution in [-0.2, 0) is 14.3 Å². The molecule has 0 radical (unpaired) electrons. The molecule has 0 aromatic heterocycles. The van der Waals surface area contributed by atoms with E-state index in [4.69, 9.17) is 11.2 Å². The van der Waals surface area contributed by atoms with Crippen LogP contribution < -0.4 is 10.6 Å². The fraction of sp³-hybridized carbons (Fsp3) is 0.485. The van der Waals surface area contributed by atoms with E-state index in [0.717, 1.165) is 24.8 Å². The first-order valence-corrected chi connectivity index (χ1v) is 14.1. The van der Waals surface area contributed by atoms with Crippen molar-refractivity contribution in [2.24, 2.45) is 5.92 Å². The maximum Gasteiger partial charge on any atom is 0.408 e. The van der Waals surface area contributed by atoms with Crippen molar-refractivity contribution in [3.8, 4) is 12.3 Å². The molecule has 0 aliphatic heterocycles. The number of benzene rings is 2. The second-order valence-corrected chi connectivity index (χ2v) is 11.4. The molecular weight excluding hydrogens is 502 g/mol. The number of carbonyl (C=O) groups excluding carboxylic acids is 3. The Morgan fingerprint density at radius 1 is 1.00 bits per heavy atom. The van der Waals surface area contributed by atoms with Crippen molar-refractivity contribution < 1.29 is 19.1 Å². The molecule has 7 nitrogen and oxygen atoms in total. The summed E-state index contributed by atoms with van der Waals surface area (Å²) in [5.41, 5.74) is 2.17. The fourth-order valence-electron chi connectivity index (χ4n) is 4.35. The minimum Gasteiger partial charge on any atom is -0.444 e. The maximum absolute atomic E-state index is 14.3. The second kappa shape index (κ2) is 15.1. The largest absolute Gasteiger partial charge is 0.444 e. The zero-order valence-electron chi connectivity index (χ0n) is 25.0. The van der Waals surface area contributed by atoms with E-state index in [-0.39, 0.29) is 17.7 Å². The molecule has 0 heterocycles. The van der Waals surface area contributed by atoms with Crippen LogP contribution in [0.4, 0.5) is 10.5 Å². The Hall–Kier alpha value is -3.79. The summed E-state index contributed by atoms with van der Waals surface area (Å²) in [5.74, 6) is 1.67. The van der Waals surface area contributed by atoms with Crippen LogP contribution in [0.3, 0.4) is 0 Å². The van der Waals surface area contributed by atoms with Gasteiger partial charge in [0, 0.05) is 17.8 Å². The first kappa shape index (κ1) is 32.4. The van der Waals surface area contributed by atoms with E-state index < -0.39 is 23.8 Å². The number of carbonyl (C=O) groups is 3. The quantitative estimate of drug-likeness (QED) is 0.231.